The third kappa shape index (κ3) is 5.41. The van der Waals surface area contributed by atoms with E-state index in [-0.39, 0.29) is 46.2 Å². The van der Waals surface area contributed by atoms with Gasteiger partial charge in [-0.3, -0.25) is 18.7 Å². The summed E-state index contributed by atoms with van der Waals surface area (Å²) in [6, 6.07) is 4.57. The van der Waals surface area contributed by atoms with E-state index in [0.29, 0.717) is 17.0 Å². The number of aryl methyl sites for hydroxylation is 1. The van der Waals surface area contributed by atoms with Crippen LogP contribution in [-0.4, -0.2) is 49.7 Å². The van der Waals surface area contributed by atoms with Crippen LogP contribution in [-0.2, 0) is 31.5 Å². The lowest BCUT2D eigenvalue weighted by Gasteiger charge is -2.16. The number of carbonyl (C=O) groups is 1. The first-order chi connectivity index (χ1) is 19.0. The number of nitrogens with one attached hydrogen (secondary N) is 1. The summed E-state index contributed by atoms with van der Waals surface area (Å²) in [6.07, 6.45) is 2.86. The van der Waals surface area contributed by atoms with E-state index in [0.717, 1.165) is 15.2 Å². The molecule has 0 aliphatic heterocycles. The van der Waals surface area contributed by atoms with Crippen molar-refractivity contribution in [1.82, 2.24) is 38.7 Å². The molecule has 2 aromatic carbocycles. The number of hydrogen-bond donors (Lipinski definition) is 2. The highest BCUT2D eigenvalue weighted by Gasteiger charge is 2.19. The van der Waals surface area contributed by atoms with Crippen LogP contribution in [0.5, 0.6) is 0 Å². The minimum atomic E-state index is -1.10. The Morgan fingerprint density at radius 2 is 1.80 bits per heavy atom. The second kappa shape index (κ2) is 10.5. The van der Waals surface area contributed by atoms with Crippen molar-refractivity contribution in [3.05, 3.63) is 90.8 Å². The van der Waals surface area contributed by atoms with Crippen LogP contribution in [0, 0.1) is 11.6 Å². The zero-order valence-electron chi connectivity index (χ0n) is 20.3. The van der Waals surface area contributed by atoms with Gasteiger partial charge in [0.05, 0.1) is 34.3 Å². The summed E-state index contributed by atoms with van der Waals surface area (Å²) in [5, 5.41) is 20.3. The van der Waals surface area contributed by atoms with Gasteiger partial charge < -0.3 is 10.4 Å². The van der Waals surface area contributed by atoms with Gasteiger partial charge in [-0.1, -0.05) is 23.2 Å². The lowest BCUT2D eigenvalue weighted by atomic mass is 10.2. The van der Waals surface area contributed by atoms with E-state index >= 15 is 0 Å². The fraction of sp³-hybridized carbons (Fsp3) is 0.174. The Morgan fingerprint density at radius 1 is 1.02 bits per heavy atom. The lowest BCUT2D eigenvalue weighted by Crippen LogP contribution is -2.43. The maximum absolute atomic E-state index is 14.6. The molecule has 3 aromatic heterocycles. The number of aromatic nitrogens is 8. The fourth-order valence-electron chi connectivity index (χ4n) is 3.89. The van der Waals surface area contributed by atoms with Crippen molar-refractivity contribution in [3.63, 3.8) is 0 Å². The van der Waals surface area contributed by atoms with Gasteiger partial charge in [0.15, 0.2) is 5.82 Å². The van der Waals surface area contributed by atoms with Gasteiger partial charge in [-0.25, -0.2) is 27.9 Å². The van der Waals surface area contributed by atoms with Crippen molar-refractivity contribution < 1.29 is 18.7 Å². The van der Waals surface area contributed by atoms with Crippen LogP contribution < -0.4 is 16.7 Å². The molecule has 0 fully saturated rings. The first kappa shape index (κ1) is 27.0. The molecule has 17 heteroatoms. The van der Waals surface area contributed by atoms with Crippen LogP contribution in [0.3, 0.4) is 0 Å². The first-order valence-electron chi connectivity index (χ1n) is 11.3. The van der Waals surface area contributed by atoms with Crippen molar-refractivity contribution in [2.24, 2.45) is 7.05 Å². The summed E-state index contributed by atoms with van der Waals surface area (Å²) in [7, 11) is 1.61. The van der Waals surface area contributed by atoms with Crippen molar-refractivity contribution in [2.45, 2.75) is 19.6 Å². The summed E-state index contributed by atoms with van der Waals surface area (Å²) in [5.74, 6) is -3.21. The zero-order chi connectivity index (χ0) is 28.7. The van der Waals surface area contributed by atoms with E-state index < -0.39 is 35.5 Å². The van der Waals surface area contributed by atoms with Crippen LogP contribution in [0.2, 0.25) is 10.0 Å². The Labute approximate surface area is 231 Å². The SMILES string of the molecule is Cn1cnc(Cn2c(=O)nc(Nc3cc4cn(CC(=O)O)nc4cc3Cl)n(Cc3cc(Cl)c(F)cc3F)c2=O)n1. The van der Waals surface area contributed by atoms with Gasteiger partial charge >= 0.3 is 17.3 Å². The lowest BCUT2D eigenvalue weighted by molar-refractivity contribution is -0.137. The van der Waals surface area contributed by atoms with Crippen molar-refractivity contribution in [3.8, 4) is 0 Å². The molecule has 206 valence electrons. The maximum atomic E-state index is 14.6. The Bertz CT molecular complexity index is 1920. The summed E-state index contributed by atoms with van der Waals surface area (Å²) >= 11 is 12.2. The number of nitrogens with zero attached hydrogens (tertiary/aromatic N) is 8. The number of halogens is 4. The Balaban J connectivity index is 1.61. The second-order valence-electron chi connectivity index (χ2n) is 8.60. The minimum Gasteiger partial charge on any atom is -0.480 e. The van der Waals surface area contributed by atoms with Crippen LogP contribution in [0.4, 0.5) is 20.4 Å². The molecule has 0 atom stereocenters. The average Bonchev–Trinajstić information content (AvgIpc) is 3.46. The third-order valence-electron chi connectivity index (χ3n) is 5.70. The van der Waals surface area contributed by atoms with Crippen molar-refractivity contribution in [2.75, 3.05) is 5.32 Å². The molecule has 0 radical (unpaired) electrons. The monoisotopic (exact) mass is 591 g/mol. The summed E-state index contributed by atoms with van der Waals surface area (Å²) in [5.41, 5.74) is -1.44. The molecule has 0 unspecified atom stereocenters. The number of carboxylic acids is 1. The van der Waals surface area contributed by atoms with Crippen LogP contribution in [0.1, 0.15) is 11.4 Å². The predicted molar refractivity (Wildman–Crippen MR) is 139 cm³/mol. The summed E-state index contributed by atoms with van der Waals surface area (Å²) in [4.78, 5) is 45.5. The Kier molecular flexibility index (Phi) is 7.08. The average molecular weight is 592 g/mol. The van der Waals surface area contributed by atoms with E-state index in [1.54, 1.807) is 7.05 Å². The molecule has 0 aliphatic carbocycles. The van der Waals surface area contributed by atoms with Crippen LogP contribution >= 0.6 is 23.2 Å². The zero-order valence-corrected chi connectivity index (χ0v) is 21.9. The van der Waals surface area contributed by atoms with Gasteiger partial charge in [-0.2, -0.15) is 15.2 Å². The highest BCUT2D eigenvalue weighted by atomic mass is 35.5. The van der Waals surface area contributed by atoms with Gasteiger partial charge in [0.2, 0.25) is 5.95 Å². The number of hydrogen-bond acceptors (Lipinski definition) is 8. The molecule has 5 aromatic rings. The molecule has 0 spiro atoms. The van der Waals surface area contributed by atoms with E-state index in [2.05, 4.69) is 25.5 Å². The molecule has 2 N–H and O–H groups in total. The van der Waals surface area contributed by atoms with E-state index in [9.17, 15) is 23.2 Å². The molecule has 3 heterocycles. The number of benzene rings is 2. The quantitative estimate of drug-likeness (QED) is 0.259. The number of fused-ring (bicyclic) bond motifs is 1. The van der Waals surface area contributed by atoms with Crippen LogP contribution in [0.15, 0.2) is 46.4 Å². The largest absolute Gasteiger partial charge is 0.480 e. The van der Waals surface area contributed by atoms with Crippen molar-refractivity contribution in [1.29, 1.82) is 0 Å². The summed E-state index contributed by atoms with van der Waals surface area (Å²) < 4.78 is 32.7. The normalized spacial score (nSPS) is 11.3. The second-order valence-corrected chi connectivity index (χ2v) is 9.42. The van der Waals surface area contributed by atoms with E-state index in [4.69, 9.17) is 28.3 Å². The van der Waals surface area contributed by atoms with E-state index in [1.807, 2.05) is 0 Å². The molecule has 40 heavy (non-hydrogen) atoms. The number of aliphatic carboxylic acids is 1. The van der Waals surface area contributed by atoms with Gasteiger partial charge in [-0.15, -0.1) is 0 Å². The highest BCUT2D eigenvalue weighted by Crippen LogP contribution is 2.30. The van der Waals surface area contributed by atoms with Gasteiger partial charge in [-0.05, 0) is 18.2 Å². The first-order valence-corrected chi connectivity index (χ1v) is 12.1. The standard InChI is InChI=1S/C23H17Cl2F2N9O4/c1-33-10-28-19(32-33)8-36-22(39)30-21(35(23(36)40)7-11-2-13(24)16(27)5-15(11)26)29-18-3-12-6-34(9-20(37)38)31-17(12)4-14(18)25/h2-6,10H,7-9H2,1H3,(H,37,38)(H,29,30,39). The van der Waals surface area contributed by atoms with Crippen LogP contribution in [0.25, 0.3) is 10.9 Å². The molecule has 0 amide bonds. The molecular formula is C23H17Cl2F2N9O4. The molecule has 0 saturated heterocycles. The maximum Gasteiger partial charge on any atom is 0.355 e. The van der Waals surface area contributed by atoms with E-state index in [1.165, 1.54) is 34.0 Å². The Morgan fingerprint density at radius 3 is 2.50 bits per heavy atom. The molecule has 0 aliphatic rings. The third-order valence-corrected chi connectivity index (χ3v) is 6.30. The molecule has 5 rings (SSSR count). The highest BCUT2D eigenvalue weighted by molar-refractivity contribution is 6.34. The molecule has 13 nitrogen and oxygen atoms in total. The topological polar surface area (TPSA) is 155 Å². The van der Waals surface area contributed by atoms with Gasteiger partial charge in [0, 0.05) is 30.3 Å². The number of carboxylic acid groups (broad SMARTS) is 1. The molecule has 0 bridgehead atoms. The number of anilines is 2. The minimum absolute atomic E-state index is 0.103. The fourth-order valence-corrected chi connectivity index (χ4v) is 4.28. The summed E-state index contributed by atoms with van der Waals surface area (Å²) in [6.45, 7) is -1.20. The molecular weight excluding hydrogens is 575 g/mol. The number of rotatable bonds is 8. The predicted octanol–water partition coefficient (Wildman–Crippen LogP) is 2.39. The smallest absolute Gasteiger partial charge is 0.355 e. The van der Waals surface area contributed by atoms with Gasteiger partial charge in [0.25, 0.3) is 0 Å². The van der Waals surface area contributed by atoms with Crippen molar-refractivity contribution >= 4 is 51.7 Å². The van der Waals surface area contributed by atoms with Gasteiger partial charge in [0.1, 0.15) is 24.5 Å². The Hall–Kier alpha value is -4.63. The molecule has 0 saturated carbocycles.